The van der Waals surface area contributed by atoms with Crippen LogP contribution in [-0.4, -0.2) is 30.3 Å². The molecule has 0 aliphatic rings. The van der Waals surface area contributed by atoms with Crippen molar-refractivity contribution in [3.05, 3.63) is 29.8 Å². The summed E-state index contributed by atoms with van der Waals surface area (Å²) < 4.78 is 9.86. The Bertz CT molecular complexity index is 425. The van der Waals surface area contributed by atoms with E-state index in [-0.39, 0.29) is 6.10 Å². The minimum Gasteiger partial charge on any atom is -0.491 e. The van der Waals surface area contributed by atoms with Gasteiger partial charge in [0.2, 0.25) is 0 Å². The molecule has 0 N–H and O–H groups in total. The van der Waals surface area contributed by atoms with Gasteiger partial charge in [0.15, 0.2) is 11.2 Å². The number of benzene rings is 1. The highest BCUT2D eigenvalue weighted by molar-refractivity contribution is 6.43. The van der Waals surface area contributed by atoms with E-state index in [1.165, 1.54) is 7.11 Å². The number of rotatable bonds is 5. The number of Topliss-reactive ketones (excluding diaryl/α,β-unsaturated/α-hetero) is 1. The van der Waals surface area contributed by atoms with Crippen LogP contribution in [0.5, 0.6) is 5.75 Å². The molecule has 5 heteroatoms. The molecular weight excluding hydrogens is 256 g/mol. The summed E-state index contributed by atoms with van der Waals surface area (Å²) >= 11 is 5.69. The van der Waals surface area contributed by atoms with E-state index in [1.807, 2.05) is 13.8 Å². The first-order valence-electron chi connectivity index (χ1n) is 5.48. The predicted molar refractivity (Wildman–Crippen MR) is 68.2 cm³/mol. The third kappa shape index (κ3) is 3.74. The minimum atomic E-state index is -1.31. The molecule has 1 aromatic rings. The van der Waals surface area contributed by atoms with Crippen LogP contribution in [0.15, 0.2) is 24.3 Å². The summed E-state index contributed by atoms with van der Waals surface area (Å²) in [6, 6.07) is 6.46. The molecule has 0 fully saturated rings. The van der Waals surface area contributed by atoms with Crippen molar-refractivity contribution in [1.29, 1.82) is 0 Å². The highest BCUT2D eigenvalue weighted by Crippen LogP contribution is 2.16. The summed E-state index contributed by atoms with van der Waals surface area (Å²) in [5, 5.41) is -1.31. The quantitative estimate of drug-likeness (QED) is 0.357. The maximum Gasteiger partial charge on any atom is 0.331 e. The molecule has 0 saturated heterocycles. The average molecular weight is 271 g/mol. The van der Waals surface area contributed by atoms with Crippen LogP contribution in [0.2, 0.25) is 0 Å². The number of carbonyl (C=O) groups excluding carboxylic acids is 2. The van der Waals surface area contributed by atoms with Gasteiger partial charge >= 0.3 is 5.97 Å². The maximum absolute atomic E-state index is 11.8. The lowest BCUT2D eigenvalue weighted by molar-refractivity contribution is -0.139. The number of halogens is 1. The second-order valence-corrected chi connectivity index (χ2v) is 4.38. The van der Waals surface area contributed by atoms with Gasteiger partial charge < -0.3 is 9.47 Å². The minimum absolute atomic E-state index is 0.0578. The van der Waals surface area contributed by atoms with Gasteiger partial charge in [0, 0.05) is 5.56 Å². The summed E-state index contributed by atoms with van der Waals surface area (Å²) in [7, 11) is 1.19. The lowest BCUT2D eigenvalue weighted by Gasteiger charge is -2.10. The SMILES string of the molecule is COC(=O)C(Cl)C(=O)c1ccc(OC(C)C)cc1. The Morgan fingerprint density at radius 2 is 1.72 bits per heavy atom. The highest BCUT2D eigenvalue weighted by atomic mass is 35.5. The molecule has 0 aromatic heterocycles. The predicted octanol–water partition coefficient (Wildman–Crippen LogP) is 2.44. The zero-order chi connectivity index (χ0) is 13.7. The summed E-state index contributed by atoms with van der Waals surface area (Å²) in [5.74, 6) is -0.588. The van der Waals surface area contributed by atoms with E-state index >= 15 is 0 Å². The van der Waals surface area contributed by atoms with E-state index in [0.29, 0.717) is 11.3 Å². The second kappa shape index (κ2) is 6.40. The molecule has 0 radical (unpaired) electrons. The summed E-state index contributed by atoms with van der Waals surface area (Å²) in [4.78, 5) is 22.9. The molecule has 0 saturated carbocycles. The molecule has 1 unspecified atom stereocenters. The van der Waals surface area contributed by atoms with Crippen LogP contribution >= 0.6 is 11.6 Å². The Kier molecular flexibility index (Phi) is 5.16. The normalized spacial score (nSPS) is 12.1. The molecule has 0 aliphatic heterocycles. The Labute approximate surface area is 111 Å². The van der Waals surface area contributed by atoms with Gasteiger partial charge in [0.25, 0.3) is 0 Å². The summed E-state index contributed by atoms with van der Waals surface area (Å²) in [6.07, 6.45) is 0.0578. The second-order valence-electron chi connectivity index (χ2n) is 3.94. The Morgan fingerprint density at radius 3 is 2.17 bits per heavy atom. The van der Waals surface area contributed by atoms with E-state index in [0.717, 1.165) is 0 Å². The lowest BCUT2D eigenvalue weighted by atomic mass is 10.1. The number of hydrogen-bond donors (Lipinski definition) is 0. The summed E-state index contributed by atoms with van der Waals surface area (Å²) in [5.41, 5.74) is 0.344. The zero-order valence-corrected chi connectivity index (χ0v) is 11.2. The summed E-state index contributed by atoms with van der Waals surface area (Å²) in [6.45, 7) is 3.82. The van der Waals surface area contributed by atoms with Crippen molar-refractivity contribution in [1.82, 2.24) is 0 Å². The molecular formula is C13H15ClO4. The van der Waals surface area contributed by atoms with Crippen molar-refractivity contribution < 1.29 is 19.1 Å². The highest BCUT2D eigenvalue weighted by Gasteiger charge is 2.25. The molecule has 0 bridgehead atoms. The van der Waals surface area contributed by atoms with Gasteiger partial charge in [0.1, 0.15) is 5.75 Å². The van der Waals surface area contributed by atoms with Gasteiger partial charge in [-0.1, -0.05) is 0 Å². The topological polar surface area (TPSA) is 52.6 Å². The molecule has 1 aromatic carbocycles. The molecule has 1 rings (SSSR count). The van der Waals surface area contributed by atoms with Crippen molar-refractivity contribution in [2.24, 2.45) is 0 Å². The van der Waals surface area contributed by atoms with Crippen LogP contribution in [-0.2, 0) is 9.53 Å². The van der Waals surface area contributed by atoms with Crippen LogP contribution in [0.4, 0.5) is 0 Å². The molecule has 0 spiro atoms. The van der Waals surface area contributed by atoms with Crippen molar-refractivity contribution in [2.45, 2.75) is 25.3 Å². The van der Waals surface area contributed by atoms with Gasteiger partial charge in [-0.15, -0.1) is 11.6 Å². The molecule has 0 amide bonds. The van der Waals surface area contributed by atoms with Crippen LogP contribution < -0.4 is 4.74 Å². The molecule has 1 atom stereocenters. The van der Waals surface area contributed by atoms with Gasteiger partial charge in [0.05, 0.1) is 13.2 Å². The standard InChI is InChI=1S/C13H15ClO4/c1-8(2)18-10-6-4-9(5-7-10)12(15)11(14)13(16)17-3/h4-8,11H,1-3H3. The van der Waals surface area contributed by atoms with Crippen molar-refractivity contribution >= 4 is 23.4 Å². The van der Waals surface area contributed by atoms with E-state index in [2.05, 4.69) is 4.74 Å². The van der Waals surface area contributed by atoms with Gasteiger partial charge in [-0.05, 0) is 38.1 Å². The fourth-order valence-corrected chi connectivity index (χ4v) is 1.54. The largest absolute Gasteiger partial charge is 0.491 e. The zero-order valence-electron chi connectivity index (χ0n) is 10.5. The van der Waals surface area contributed by atoms with Crippen molar-refractivity contribution in [2.75, 3.05) is 7.11 Å². The first-order chi connectivity index (χ1) is 8.45. The first kappa shape index (κ1) is 14.5. The van der Waals surface area contributed by atoms with E-state index in [1.54, 1.807) is 24.3 Å². The monoisotopic (exact) mass is 270 g/mol. The smallest absolute Gasteiger partial charge is 0.331 e. The maximum atomic E-state index is 11.8. The fourth-order valence-electron chi connectivity index (χ4n) is 1.33. The Hall–Kier alpha value is -1.55. The van der Waals surface area contributed by atoms with Crippen LogP contribution in [0.3, 0.4) is 0 Å². The molecule has 0 heterocycles. The number of esters is 1. The number of hydrogen-bond acceptors (Lipinski definition) is 4. The molecule has 18 heavy (non-hydrogen) atoms. The third-order valence-electron chi connectivity index (χ3n) is 2.15. The number of ether oxygens (including phenoxy) is 2. The van der Waals surface area contributed by atoms with Gasteiger partial charge in [-0.3, -0.25) is 4.79 Å². The molecule has 98 valence electrons. The average Bonchev–Trinajstić information content (AvgIpc) is 2.36. The first-order valence-corrected chi connectivity index (χ1v) is 5.92. The number of methoxy groups -OCH3 is 1. The van der Waals surface area contributed by atoms with E-state index in [4.69, 9.17) is 16.3 Å². The van der Waals surface area contributed by atoms with Gasteiger partial charge in [-0.2, -0.15) is 0 Å². The number of carbonyl (C=O) groups is 2. The lowest BCUT2D eigenvalue weighted by Crippen LogP contribution is -2.25. The van der Waals surface area contributed by atoms with Gasteiger partial charge in [-0.25, -0.2) is 4.79 Å². The number of alkyl halides is 1. The van der Waals surface area contributed by atoms with Crippen molar-refractivity contribution in [3.8, 4) is 5.75 Å². The Morgan fingerprint density at radius 1 is 1.17 bits per heavy atom. The Balaban J connectivity index is 2.79. The van der Waals surface area contributed by atoms with E-state index < -0.39 is 17.1 Å². The van der Waals surface area contributed by atoms with Crippen LogP contribution in [0.25, 0.3) is 0 Å². The van der Waals surface area contributed by atoms with Crippen LogP contribution in [0.1, 0.15) is 24.2 Å². The van der Waals surface area contributed by atoms with E-state index in [9.17, 15) is 9.59 Å². The number of ketones is 1. The third-order valence-corrected chi connectivity index (χ3v) is 2.53. The molecule has 0 aliphatic carbocycles. The van der Waals surface area contributed by atoms with Crippen LogP contribution in [0, 0.1) is 0 Å². The molecule has 4 nitrogen and oxygen atoms in total. The fraction of sp³-hybridized carbons (Fsp3) is 0.385. The van der Waals surface area contributed by atoms with Crippen molar-refractivity contribution in [3.63, 3.8) is 0 Å².